The normalized spacial score (nSPS) is 11.7. The molecule has 6 aromatic rings. The monoisotopic (exact) mass is 2000 g/mol. The number of rotatable bonds is 105. The zero-order valence-corrected chi connectivity index (χ0v) is 94.1. The average Bonchev–Trinajstić information content (AvgIpc) is 1.43. The first-order valence-electron chi connectivity index (χ1n) is 62.1. The molecule has 6 rings (SSSR count). The molecule has 0 unspecified atom stereocenters. The van der Waals surface area contributed by atoms with E-state index in [0.29, 0.717) is 85.5 Å². The molecule has 0 atom stereocenters. The maximum Gasteiger partial charge on any atom is 0.796 e. The molecular weight excluding hydrogens is 1780 g/mol. The Morgan fingerprint density at radius 2 is 0.410 bits per heavy atom. The van der Waals surface area contributed by atoms with Crippen molar-refractivity contribution in [3.8, 4) is 79.3 Å². The average molecular weight is 2000 g/mol. The van der Waals surface area contributed by atoms with Gasteiger partial charge in [-0.1, -0.05) is 591 Å². The molecule has 4 aromatic carbocycles. The van der Waals surface area contributed by atoms with Gasteiger partial charge < -0.3 is 43.0 Å². The van der Waals surface area contributed by atoms with Gasteiger partial charge in [0.05, 0.1) is 51.0 Å². The van der Waals surface area contributed by atoms with Gasteiger partial charge in [0.25, 0.3) is 0 Å². The molecule has 13 heteroatoms. The number of ether oxygens (including phenoxy) is 6. The Balaban J connectivity index is 1.26. The number of H-pyrrole nitrogens is 2. The van der Waals surface area contributed by atoms with Gasteiger partial charge in [-0.2, -0.15) is 0 Å². The largest absolute Gasteiger partial charge is 0.796 e. The lowest BCUT2D eigenvalue weighted by Gasteiger charge is -2.20. The number of ketones is 1. The van der Waals surface area contributed by atoms with E-state index in [2.05, 4.69) is 94.0 Å². The zero-order chi connectivity index (χ0) is 102. The summed E-state index contributed by atoms with van der Waals surface area (Å²) in [4.78, 5) is 21.8. The predicted molar refractivity (Wildman–Crippen MR) is 620 cm³/mol. The second-order valence-electron chi connectivity index (χ2n) is 43.2. The first-order chi connectivity index (χ1) is 71.2. The van der Waals surface area contributed by atoms with Crippen molar-refractivity contribution in [3.05, 3.63) is 115 Å². The van der Waals surface area contributed by atoms with Gasteiger partial charge in [-0.05, 0) is 109 Å². The van der Waals surface area contributed by atoms with Gasteiger partial charge in [-0.3, -0.25) is 4.79 Å². The molecule has 0 radical (unpaired) electrons. The Morgan fingerprint density at radius 1 is 0.229 bits per heavy atom. The molecule has 0 aliphatic heterocycles. The number of allylic oxidation sites excluding steroid dienone is 1. The fourth-order valence-corrected chi connectivity index (χ4v) is 20.8. The van der Waals surface area contributed by atoms with Crippen molar-refractivity contribution in [1.82, 2.24) is 9.97 Å². The zero-order valence-electron chi connectivity index (χ0n) is 94.1. The molecule has 0 bridgehead atoms. The molecule has 0 aliphatic carbocycles. The lowest BCUT2D eigenvalue weighted by molar-refractivity contribution is 0.104. The number of nitrogens with one attached hydrogen (secondary N) is 2. The standard InChI is InChI=1S/C131H217BF2N2O8/c1-7-13-19-25-31-37-43-49-55-61-67-73-79-89-103-138-126-109-114(110-127(139-104-90-80-74-68-62-56-50-44-38-32-26-20-14-8-2)130(126)142-107-93-83-77-71-65-59-53-47-41-35-29-23-17-11-5)116-95-85-87-97-118(116)120-99-101-122(135-120)124(137)113-125(144-132(133)134)123-102-100-121(136-123)119-98-88-86-96-117(119)115-111-128(140-105-91-81-75-69-63-57-51-45-39-33-27-21-15-9-3)131(143-108-94-84-78-72-66-60-54-48-42-36-30-24-18-12-6)129(112-115)141-106-92-82-76-70-64-58-52-46-40-34-28-22-16-10-4/h85-88,95-102,109-113,135-136H,7-84,89-94,103-108H2,1-6H3/b125-113+. The molecule has 10 nitrogen and oxygen atoms in total. The summed E-state index contributed by atoms with van der Waals surface area (Å²) in [5, 5.41) is 0. The summed E-state index contributed by atoms with van der Waals surface area (Å²) < 4.78 is 77.1. The van der Waals surface area contributed by atoms with Crippen LogP contribution in [0.5, 0.6) is 34.5 Å². The molecule has 0 spiro atoms. The number of benzene rings is 4. The van der Waals surface area contributed by atoms with Crippen LogP contribution >= 0.6 is 0 Å². The molecule has 816 valence electrons. The lowest BCUT2D eigenvalue weighted by Crippen LogP contribution is -2.07. The van der Waals surface area contributed by atoms with Crippen molar-refractivity contribution in [2.75, 3.05) is 39.6 Å². The van der Waals surface area contributed by atoms with Crippen LogP contribution in [0.1, 0.15) is 597 Å². The van der Waals surface area contributed by atoms with Gasteiger partial charge in [0.2, 0.25) is 17.3 Å². The van der Waals surface area contributed by atoms with E-state index in [9.17, 15) is 13.4 Å². The summed E-state index contributed by atoms with van der Waals surface area (Å²) in [6, 6.07) is 32.2. The fraction of sp³-hybridized carbons (Fsp3) is 0.733. The highest BCUT2D eigenvalue weighted by Gasteiger charge is 2.26. The topological polar surface area (TPSA) is 113 Å². The number of carbonyl (C=O) groups excluding carboxylic acids is 1. The Labute approximate surface area is 884 Å². The molecular formula is C131H217BF2N2O8. The van der Waals surface area contributed by atoms with Crippen LogP contribution < -0.4 is 28.4 Å². The summed E-state index contributed by atoms with van der Waals surface area (Å²) in [6.07, 6.45) is 109. The van der Waals surface area contributed by atoms with Crippen molar-refractivity contribution in [2.24, 2.45) is 0 Å². The van der Waals surface area contributed by atoms with Crippen molar-refractivity contribution < 1.29 is 46.5 Å². The van der Waals surface area contributed by atoms with E-state index in [-0.39, 0.29) is 17.1 Å². The second-order valence-corrected chi connectivity index (χ2v) is 43.2. The van der Waals surface area contributed by atoms with Crippen molar-refractivity contribution in [3.63, 3.8) is 0 Å². The predicted octanol–water partition coefficient (Wildman–Crippen LogP) is 44.3. The summed E-state index contributed by atoms with van der Waals surface area (Å²) in [5.74, 6) is 3.28. The van der Waals surface area contributed by atoms with Crippen LogP contribution in [0.4, 0.5) is 8.63 Å². The molecule has 0 fully saturated rings. The minimum Gasteiger partial charge on any atom is -0.503 e. The van der Waals surface area contributed by atoms with Gasteiger partial charge in [0.1, 0.15) is 5.76 Å². The van der Waals surface area contributed by atoms with Crippen molar-refractivity contribution >= 4 is 19.0 Å². The number of aromatic amines is 2. The Hall–Kier alpha value is -6.63. The van der Waals surface area contributed by atoms with E-state index in [1.54, 1.807) is 12.1 Å². The van der Waals surface area contributed by atoms with Crippen molar-refractivity contribution in [1.29, 1.82) is 0 Å². The van der Waals surface area contributed by atoms with Gasteiger partial charge in [0, 0.05) is 28.6 Å². The van der Waals surface area contributed by atoms with Gasteiger partial charge in [-0.15, -0.1) is 0 Å². The summed E-state index contributed by atoms with van der Waals surface area (Å²) >= 11 is 0. The van der Waals surface area contributed by atoms with Gasteiger partial charge in [0.15, 0.2) is 23.0 Å². The van der Waals surface area contributed by atoms with Crippen molar-refractivity contribution in [2.45, 2.75) is 581 Å². The number of halogens is 2. The molecule has 2 aromatic heterocycles. The van der Waals surface area contributed by atoms with Crippen LogP contribution in [0.3, 0.4) is 0 Å². The van der Waals surface area contributed by atoms with E-state index >= 15 is 0 Å². The number of hydrogen-bond acceptors (Lipinski definition) is 8. The third kappa shape index (κ3) is 61.5. The van der Waals surface area contributed by atoms with E-state index in [0.717, 1.165) is 110 Å². The van der Waals surface area contributed by atoms with Crippen LogP contribution in [0.25, 0.3) is 50.5 Å². The van der Waals surface area contributed by atoms with E-state index < -0.39 is 13.3 Å². The Bertz CT molecular complexity index is 3870. The Morgan fingerprint density at radius 3 is 0.618 bits per heavy atom. The van der Waals surface area contributed by atoms with Crippen LogP contribution in [0.15, 0.2) is 103 Å². The van der Waals surface area contributed by atoms with Gasteiger partial charge in [-0.25, -0.2) is 8.63 Å². The van der Waals surface area contributed by atoms with E-state index in [1.165, 1.54) is 468 Å². The third-order valence-corrected chi connectivity index (χ3v) is 30.0. The molecule has 0 aliphatic rings. The first-order valence-corrected chi connectivity index (χ1v) is 62.1. The summed E-state index contributed by atoms with van der Waals surface area (Å²) in [5.41, 5.74) is 7.14. The number of aromatic nitrogens is 2. The molecule has 144 heavy (non-hydrogen) atoms. The van der Waals surface area contributed by atoms with E-state index in [4.69, 9.17) is 33.1 Å². The van der Waals surface area contributed by atoms with Crippen LogP contribution in [-0.2, 0) is 4.65 Å². The Kier molecular flexibility index (Phi) is 79.0. The highest BCUT2D eigenvalue weighted by atomic mass is 19.2. The summed E-state index contributed by atoms with van der Waals surface area (Å²) in [7, 11) is -3.21. The van der Waals surface area contributed by atoms with E-state index in [1.807, 2.05) is 42.5 Å². The SMILES string of the molecule is CCCCCCCCCCCCCCCCOc1cc(-c2ccccc2-c2ccc(C(=O)/C=C(/OB(F)F)c3ccc(-c4ccccc4-c4cc(OCCCCCCCCCCCCCCCC)c(OCCCCCCCCCCCCCCCC)c(OCCCCCCCCCCCCCCCC)c4)[nH]3)[nH]2)cc(OCCCCCCCCCCCCCCCC)c1OCCCCCCCCCCCCCCCC. The maximum atomic E-state index is 15.0. The molecule has 0 amide bonds. The molecule has 0 saturated heterocycles. The summed E-state index contributed by atoms with van der Waals surface area (Å²) in [6.45, 7) is 17.2. The van der Waals surface area contributed by atoms with Crippen LogP contribution in [0, 0.1) is 0 Å². The fourth-order valence-electron chi connectivity index (χ4n) is 20.8. The highest BCUT2D eigenvalue weighted by Crippen LogP contribution is 2.47. The molecule has 0 saturated carbocycles. The number of carbonyl (C=O) groups is 1. The van der Waals surface area contributed by atoms with Crippen LogP contribution in [0.2, 0.25) is 0 Å². The first kappa shape index (κ1) is 126. The number of hydrogen-bond donors (Lipinski definition) is 2. The van der Waals surface area contributed by atoms with Gasteiger partial charge >= 0.3 is 7.47 Å². The molecule has 2 heterocycles. The highest BCUT2D eigenvalue weighted by molar-refractivity contribution is 6.36. The minimum atomic E-state index is -3.21. The second kappa shape index (κ2) is 90.3. The minimum absolute atomic E-state index is 0.227. The maximum absolute atomic E-state index is 15.0. The quantitative estimate of drug-likeness (QED) is 0.0128. The lowest BCUT2D eigenvalue weighted by atomic mass is 9.97. The molecule has 2 N–H and O–H groups in total. The third-order valence-electron chi connectivity index (χ3n) is 30.0. The van der Waals surface area contributed by atoms with Crippen LogP contribution in [-0.4, -0.2) is 62.9 Å². The smallest absolute Gasteiger partial charge is 0.503 e. The number of unbranched alkanes of at least 4 members (excludes halogenated alkanes) is 78.